The van der Waals surface area contributed by atoms with Crippen LogP contribution >= 0.6 is 0 Å². The van der Waals surface area contributed by atoms with Crippen molar-refractivity contribution in [3.63, 3.8) is 0 Å². The minimum absolute atomic E-state index is 0.137. The lowest BCUT2D eigenvalue weighted by molar-refractivity contribution is -0.146. The number of nitrogens with one attached hydrogen (secondary N) is 1. The van der Waals surface area contributed by atoms with Crippen LogP contribution in [-0.2, 0) is 16.8 Å². The van der Waals surface area contributed by atoms with Crippen molar-refractivity contribution in [2.24, 2.45) is 5.41 Å². The molecule has 30 heavy (non-hydrogen) atoms. The van der Waals surface area contributed by atoms with Gasteiger partial charge in [-0.25, -0.2) is 0 Å². The molecular weight excluding hydrogens is 370 g/mol. The van der Waals surface area contributed by atoms with Crippen LogP contribution in [0.1, 0.15) is 75.8 Å². The molecule has 4 nitrogen and oxygen atoms in total. The van der Waals surface area contributed by atoms with Gasteiger partial charge in [-0.15, -0.1) is 0 Å². The van der Waals surface area contributed by atoms with E-state index in [1.807, 2.05) is 0 Å². The van der Waals surface area contributed by atoms with Gasteiger partial charge in [0, 0.05) is 30.0 Å². The molecule has 3 aliphatic heterocycles. The molecule has 0 radical (unpaired) electrons. The Morgan fingerprint density at radius 1 is 1.00 bits per heavy atom. The third kappa shape index (κ3) is 3.71. The summed E-state index contributed by atoms with van der Waals surface area (Å²) in [6.45, 7) is 8.66. The minimum Gasteiger partial charge on any atom is -0.337 e. The van der Waals surface area contributed by atoms with Gasteiger partial charge in [0.05, 0.1) is 0 Å². The number of benzene rings is 1. The molecular formula is C26H39N3O. The van der Waals surface area contributed by atoms with Crippen LogP contribution in [0.3, 0.4) is 0 Å². The Labute approximate surface area is 182 Å². The van der Waals surface area contributed by atoms with Gasteiger partial charge in [0.25, 0.3) is 0 Å². The molecule has 0 aromatic heterocycles. The van der Waals surface area contributed by atoms with Crippen molar-refractivity contribution in [3.05, 3.63) is 35.4 Å². The van der Waals surface area contributed by atoms with Gasteiger partial charge in [0.2, 0.25) is 5.91 Å². The van der Waals surface area contributed by atoms with Gasteiger partial charge < -0.3 is 15.1 Å². The maximum Gasteiger partial charge on any atom is 0.228 e. The van der Waals surface area contributed by atoms with Gasteiger partial charge in [-0.2, -0.15) is 0 Å². The number of hydrogen-bond acceptors (Lipinski definition) is 3. The summed E-state index contributed by atoms with van der Waals surface area (Å²) in [5.41, 5.74) is 2.94. The van der Waals surface area contributed by atoms with Gasteiger partial charge in [-0.05, 0) is 75.8 Å². The van der Waals surface area contributed by atoms with E-state index in [2.05, 4.69) is 46.3 Å². The topological polar surface area (TPSA) is 35.6 Å². The van der Waals surface area contributed by atoms with Crippen molar-refractivity contribution in [1.82, 2.24) is 15.1 Å². The van der Waals surface area contributed by atoms with Crippen molar-refractivity contribution in [2.75, 3.05) is 32.7 Å². The lowest BCUT2D eigenvalue weighted by atomic mass is 9.67. The number of likely N-dealkylation sites (tertiary alicyclic amines) is 1. The molecule has 1 amide bonds. The molecule has 1 aliphatic carbocycles. The van der Waals surface area contributed by atoms with Crippen LogP contribution < -0.4 is 5.32 Å². The van der Waals surface area contributed by atoms with E-state index >= 15 is 0 Å². The Hall–Kier alpha value is -1.39. The molecule has 1 aromatic carbocycles. The molecule has 0 unspecified atom stereocenters. The van der Waals surface area contributed by atoms with E-state index in [-0.39, 0.29) is 10.8 Å². The largest absolute Gasteiger partial charge is 0.337 e. The summed E-state index contributed by atoms with van der Waals surface area (Å²) in [6, 6.07) is 9.76. The maximum absolute atomic E-state index is 13.7. The smallest absolute Gasteiger partial charge is 0.228 e. The van der Waals surface area contributed by atoms with Gasteiger partial charge in [-0.3, -0.25) is 4.79 Å². The molecule has 3 heterocycles. The molecule has 1 N–H and O–H groups in total. The molecule has 3 fully saturated rings. The molecule has 0 atom stereocenters. The van der Waals surface area contributed by atoms with Gasteiger partial charge in [0.1, 0.15) is 0 Å². The van der Waals surface area contributed by atoms with Crippen LogP contribution in [0.2, 0.25) is 0 Å². The maximum atomic E-state index is 13.7. The average molecular weight is 410 g/mol. The molecule has 4 aliphatic rings. The molecule has 2 saturated heterocycles. The second kappa shape index (κ2) is 8.27. The zero-order valence-electron chi connectivity index (χ0n) is 18.8. The second-order valence-electron chi connectivity index (χ2n) is 10.7. The number of carbonyl (C=O) groups is 1. The predicted octanol–water partition coefficient (Wildman–Crippen LogP) is 4.08. The summed E-state index contributed by atoms with van der Waals surface area (Å²) >= 11 is 0. The van der Waals surface area contributed by atoms with Crippen LogP contribution in [0.4, 0.5) is 0 Å². The number of fused-ring (bicyclic) bond motifs is 2. The zero-order chi connectivity index (χ0) is 20.6. The number of nitrogens with zero attached hydrogens (tertiary/aromatic N) is 2. The standard InChI is InChI=1S/C26H39N3O/c1-25(11-5-2-6-12-25)24(30)29-19-21-7-3-4-8-23(21)26(20-29)13-17-28(18-14-26)22-9-15-27-16-10-22/h3-4,7-8,22,27H,2,5-6,9-20H2,1H3. The third-order valence-electron chi connectivity index (χ3n) is 8.78. The minimum atomic E-state index is -0.137. The molecule has 4 heteroatoms. The summed E-state index contributed by atoms with van der Waals surface area (Å²) in [4.78, 5) is 18.7. The molecule has 5 rings (SSSR count). The van der Waals surface area contributed by atoms with Crippen LogP contribution in [0.5, 0.6) is 0 Å². The van der Waals surface area contributed by atoms with E-state index in [0.717, 1.165) is 45.1 Å². The van der Waals surface area contributed by atoms with E-state index in [9.17, 15) is 4.79 Å². The van der Waals surface area contributed by atoms with Crippen molar-refractivity contribution in [3.8, 4) is 0 Å². The summed E-state index contributed by atoms with van der Waals surface area (Å²) in [5.74, 6) is 0.428. The van der Waals surface area contributed by atoms with Crippen molar-refractivity contribution in [2.45, 2.75) is 82.7 Å². The quantitative estimate of drug-likeness (QED) is 0.799. The van der Waals surface area contributed by atoms with Gasteiger partial charge in [0.15, 0.2) is 0 Å². The van der Waals surface area contributed by atoms with Crippen LogP contribution in [0, 0.1) is 5.41 Å². The van der Waals surface area contributed by atoms with Crippen LogP contribution in [0.15, 0.2) is 24.3 Å². The van der Waals surface area contributed by atoms with Gasteiger partial charge in [-0.1, -0.05) is 50.5 Å². The van der Waals surface area contributed by atoms with E-state index in [1.165, 1.54) is 69.2 Å². The van der Waals surface area contributed by atoms with Crippen molar-refractivity contribution in [1.29, 1.82) is 0 Å². The molecule has 1 aromatic rings. The zero-order valence-corrected chi connectivity index (χ0v) is 18.8. The second-order valence-corrected chi connectivity index (χ2v) is 10.7. The average Bonchev–Trinajstić information content (AvgIpc) is 2.80. The van der Waals surface area contributed by atoms with E-state index in [4.69, 9.17) is 0 Å². The number of carbonyl (C=O) groups excluding carboxylic acids is 1. The highest BCUT2D eigenvalue weighted by atomic mass is 16.2. The number of piperidine rings is 2. The first-order valence-electron chi connectivity index (χ1n) is 12.4. The van der Waals surface area contributed by atoms with Crippen LogP contribution in [0.25, 0.3) is 0 Å². The highest BCUT2D eigenvalue weighted by Gasteiger charge is 2.46. The summed E-state index contributed by atoms with van der Waals surface area (Å²) in [7, 11) is 0. The molecule has 0 bridgehead atoms. The monoisotopic (exact) mass is 409 g/mol. The highest BCUT2D eigenvalue weighted by Crippen LogP contribution is 2.45. The molecule has 1 spiro atoms. The highest BCUT2D eigenvalue weighted by molar-refractivity contribution is 5.83. The summed E-state index contributed by atoms with van der Waals surface area (Å²) in [6.07, 6.45) is 10.8. The van der Waals surface area contributed by atoms with Crippen LogP contribution in [-0.4, -0.2) is 54.5 Å². The lowest BCUT2D eigenvalue weighted by Crippen LogP contribution is -2.57. The fraction of sp³-hybridized carbons (Fsp3) is 0.731. The Kier molecular flexibility index (Phi) is 5.66. The van der Waals surface area contributed by atoms with E-state index in [0.29, 0.717) is 5.91 Å². The fourth-order valence-electron chi connectivity index (χ4n) is 6.88. The van der Waals surface area contributed by atoms with Crippen molar-refractivity contribution >= 4 is 5.91 Å². The Balaban J connectivity index is 1.37. The van der Waals surface area contributed by atoms with E-state index < -0.39 is 0 Å². The molecule has 164 valence electrons. The first-order chi connectivity index (χ1) is 14.6. The Bertz CT molecular complexity index is 755. The summed E-state index contributed by atoms with van der Waals surface area (Å²) < 4.78 is 0. The molecule has 1 saturated carbocycles. The Morgan fingerprint density at radius 3 is 2.43 bits per heavy atom. The van der Waals surface area contributed by atoms with Gasteiger partial charge >= 0.3 is 0 Å². The Morgan fingerprint density at radius 2 is 1.70 bits per heavy atom. The normalized spacial score (nSPS) is 27.0. The first-order valence-corrected chi connectivity index (χ1v) is 12.4. The van der Waals surface area contributed by atoms with Crippen molar-refractivity contribution < 1.29 is 4.79 Å². The fourth-order valence-corrected chi connectivity index (χ4v) is 6.88. The summed E-state index contributed by atoms with van der Waals surface area (Å²) in [5, 5.41) is 3.51. The lowest BCUT2D eigenvalue weighted by Gasteiger charge is -2.51. The number of rotatable bonds is 2. The number of hydrogen-bond donors (Lipinski definition) is 1. The first kappa shape index (κ1) is 20.5. The van der Waals surface area contributed by atoms with E-state index in [1.54, 1.807) is 0 Å². The predicted molar refractivity (Wildman–Crippen MR) is 121 cm³/mol. The number of amides is 1. The third-order valence-corrected chi connectivity index (χ3v) is 8.78. The SMILES string of the molecule is CC1(C(=O)N2Cc3ccccc3C3(CCN(C4CCNCC4)CC3)C2)CCCCC1.